The molecule has 1 amide bonds. The van der Waals surface area contributed by atoms with Gasteiger partial charge in [0.25, 0.3) is 5.91 Å². The standard InChI is InChI=1S/C20H28N4O2/c1-16-9-6-7-13-23(16)14-8-12-21-20(25)19-18(26-2)15-24(22-19)17-10-4-3-5-11-17/h3-5,10-11,15-16H,6-9,12-14H2,1-2H3,(H,21,25). The molecule has 6 nitrogen and oxygen atoms in total. The van der Waals surface area contributed by atoms with Crippen LogP contribution in [0.25, 0.3) is 5.69 Å². The lowest BCUT2D eigenvalue weighted by atomic mass is 10.0. The predicted octanol–water partition coefficient (Wildman–Crippen LogP) is 2.88. The van der Waals surface area contributed by atoms with Crippen LogP contribution in [0.3, 0.4) is 0 Å². The average Bonchev–Trinajstić information content (AvgIpc) is 3.12. The minimum atomic E-state index is -0.191. The summed E-state index contributed by atoms with van der Waals surface area (Å²) in [5.41, 5.74) is 1.21. The second-order valence-corrected chi connectivity index (χ2v) is 6.82. The van der Waals surface area contributed by atoms with Gasteiger partial charge in [-0.1, -0.05) is 24.6 Å². The second kappa shape index (κ2) is 8.85. The van der Waals surface area contributed by atoms with E-state index in [9.17, 15) is 4.79 Å². The Kier molecular flexibility index (Phi) is 6.28. The maximum atomic E-state index is 12.5. The van der Waals surface area contributed by atoms with Crippen LogP contribution in [-0.4, -0.2) is 53.4 Å². The molecule has 1 saturated heterocycles. The fraction of sp³-hybridized carbons (Fsp3) is 0.500. The summed E-state index contributed by atoms with van der Waals surface area (Å²) in [4.78, 5) is 15.0. The molecule has 26 heavy (non-hydrogen) atoms. The van der Waals surface area contributed by atoms with Crippen molar-refractivity contribution in [3.63, 3.8) is 0 Å². The zero-order chi connectivity index (χ0) is 18.4. The fourth-order valence-electron chi connectivity index (χ4n) is 3.44. The first-order chi connectivity index (χ1) is 12.7. The first kappa shape index (κ1) is 18.5. The summed E-state index contributed by atoms with van der Waals surface area (Å²) in [6.07, 6.45) is 6.57. The molecule has 0 saturated carbocycles. The number of carbonyl (C=O) groups is 1. The fourth-order valence-corrected chi connectivity index (χ4v) is 3.44. The van der Waals surface area contributed by atoms with E-state index in [1.54, 1.807) is 18.0 Å². The number of ether oxygens (including phenoxy) is 1. The van der Waals surface area contributed by atoms with Crippen LogP contribution in [-0.2, 0) is 0 Å². The van der Waals surface area contributed by atoms with Gasteiger partial charge >= 0.3 is 0 Å². The predicted molar refractivity (Wildman–Crippen MR) is 102 cm³/mol. The van der Waals surface area contributed by atoms with Gasteiger partial charge in [0.1, 0.15) is 0 Å². The normalized spacial score (nSPS) is 17.8. The van der Waals surface area contributed by atoms with Crippen LogP contribution in [0.2, 0.25) is 0 Å². The molecule has 1 fully saturated rings. The quantitative estimate of drug-likeness (QED) is 0.775. The van der Waals surface area contributed by atoms with Crippen molar-refractivity contribution >= 4 is 5.91 Å². The van der Waals surface area contributed by atoms with Crippen LogP contribution >= 0.6 is 0 Å². The molecule has 1 aliphatic heterocycles. The van der Waals surface area contributed by atoms with Gasteiger partial charge in [-0.05, 0) is 44.9 Å². The molecule has 1 N–H and O–H groups in total. The molecule has 1 atom stereocenters. The zero-order valence-electron chi connectivity index (χ0n) is 15.6. The summed E-state index contributed by atoms with van der Waals surface area (Å²) in [6, 6.07) is 10.3. The lowest BCUT2D eigenvalue weighted by molar-refractivity contribution is 0.0940. The van der Waals surface area contributed by atoms with Gasteiger partial charge in [-0.2, -0.15) is 5.10 Å². The van der Waals surface area contributed by atoms with E-state index in [2.05, 4.69) is 22.2 Å². The summed E-state index contributed by atoms with van der Waals surface area (Å²) in [7, 11) is 1.56. The molecule has 140 valence electrons. The molecule has 3 rings (SSSR count). The van der Waals surface area contributed by atoms with Gasteiger partial charge in [0.2, 0.25) is 0 Å². The Morgan fingerprint density at radius 3 is 2.85 bits per heavy atom. The summed E-state index contributed by atoms with van der Waals surface area (Å²) in [5, 5.41) is 7.37. The Morgan fingerprint density at radius 1 is 1.31 bits per heavy atom. The van der Waals surface area contributed by atoms with Crippen LogP contribution in [0.5, 0.6) is 5.75 Å². The number of piperidine rings is 1. The lowest BCUT2D eigenvalue weighted by Crippen LogP contribution is -2.39. The number of aromatic nitrogens is 2. The molecule has 0 bridgehead atoms. The van der Waals surface area contributed by atoms with Gasteiger partial charge < -0.3 is 15.0 Å². The summed E-state index contributed by atoms with van der Waals surface area (Å²) in [5.74, 6) is 0.291. The van der Waals surface area contributed by atoms with Crippen LogP contribution < -0.4 is 10.1 Å². The smallest absolute Gasteiger partial charge is 0.275 e. The van der Waals surface area contributed by atoms with Crippen molar-refractivity contribution in [3.8, 4) is 11.4 Å². The lowest BCUT2D eigenvalue weighted by Gasteiger charge is -2.33. The molecular formula is C20H28N4O2. The number of nitrogens with one attached hydrogen (secondary N) is 1. The molecule has 0 radical (unpaired) electrons. The van der Waals surface area contributed by atoms with Gasteiger partial charge in [-0.3, -0.25) is 4.79 Å². The number of likely N-dealkylation sites (tertiary alicyclic amines) is 1. The summed E-state index contributed by atoms with van der Waals surface area (Å²) >= 11 is 0. The molecule has 1 aromatic carbocycles. The van der Waals surface area contributed by atoms with Gasteiger partial charge in [-0.15, -0.1) is 0 Å². The molecule has 1 unspecified atom stereocenters. The largest absolute Gasteiger partial charge is 0.493 e. The van der Waals surface area contributed by atoms with Crippen molar-refractivity contribution in [2.45, 2.75) is 38.6 Å². The van der Waals surface area contributed by atoms with E-state index in [0.717, 1.165) is 18.7 Å². The van der Waals surface area contributed by atoms with Crippen LogP contribution in [0.15, 0.2) is 36.5 Å². The van der Waals surface area contributed by atoms with E-state index < -0.39 is 0 Å². The monoisotopic (exact) mass is 356 g/mol. The van der Waals surface area contributed by atoms with Crippen molar-refractivity contribution in [3.05, 3.63) is 42.2 Å². The highest BCUT2D eigenvalue weighted by atomic mass is 16.5. The van der Waals surface area contributed by atoms with Gasteiger partial charge in [0.15, 0.2) is 11.4 Å². The maximum absolute atomic E-state index is 12.5. The Bertz CT molecular complexity index is 714. The van der Waals surface area contributed by atoms with Crippen molar-refractivity contribution in [1.82, 2.24) is 20.0 Å². The number of para-hydroxylation sites is 1. The number of hydrogen-bond acceptors (Lipinski definition) is 4. The molecule has 6 heteroatoms. The van der Waals surface area contributed by atoms with E-state index in [4.69, 9.17) is 4.74 Å². The van der Waals surface area contributed by atoms with Crippen molar-refractivity contribution < 1.29 is 9.53 Å². The number of nitrogens with zero attached hydrogens (tertiary/aromatic N) is 3. The molecule has 1 aliphatic rings. The van der Waals surface area contributed by atoms with Gasteiger partial charge in [0.05, 0.1) is 19.0 Å². The van der Waals surface area contributed by atoms with Crippen LogP contribution in [0, 0.1) is 0 Å². The first-order valence-corrected chi connectivity index (χ1v) is 9.40. The Morgan fingerprint density at radius 2 is 2.12 bits per heavy atom. The van der Waals surface area contributed by atoms with Crippen LogP contribution in [0.1, 0.15) is 43.1 Å². The molecule has 1 aromatic heterocycles. The highest BCUT2D eigenvalue weighted by Gasteiger charge is 2.19. The maximum Gasteiger partial charge on any atom is 0.275 e. The first-order valence-electron chi connectivity index (χ1n) is 9.40. The van der Waals surface area contributed by atoms with Gasteiger partial charge in [0, 0.05) is 19.1 Å². The van der Waals surface area contributed by atoms with Gasteiger partial charge in [-0.25, -0.2) is 4.68 Å². The number of rotatable bonds is 7. The SMILES string of the molecule is COc1cn(-c2ccccc2)nc1C(=O)NCCCN1CCCCC1C. The number of amides is 1. The summed E-state index contributed by atoms with van der Waals surface area (Å²) in [6.45, 7) is 5.13. The third-order valence-electron chi connectivity index (χ3n) is 4.98. The Labute approximate surface area is 155 Å². The molecule has 0 aliphatic carbocycles. The average molecular weight is 356 g/mol. The molecule has 2 aromatic rings. The Balaban J connectivity index is 1.55. The van der Waals surface area contributed by atoms with Crippen molar-refractivity contribution in [1.29, 1.82) is 0 Å². The van der Waals surface area contributed by atoms with E-state index in [1.807, 2.05) is 30.3 Å². The minimum Gasteiger partial charge on any atom is -0.493 e. The number of benzene rings is 1. The zero-order valence-corrected chi connectivity index (χ0v) is 15.6. The van der Waals surface area contributed by atoms with Crippen molar-refractivity contribution in [2.75, 3.05) is 26.7 Å². The number of hydrogen-bond donors (Lipinski definition) is 1. The van der Waals surface area contributed by atoms with Crippen molar-refractivity contribution in [2.24, 2.45) is 0 Å². The number of carbonyl (C=O) groups excluding carboxylic acids is 1. The summed E-state index contributed by atoms with van der Waals surface area (Å²) < 4.78 is 7.00. The highest BCUT2D eigenvalue weighted by Crippen LogP contribution is 2.19. The minimum absolute atomic E-state index is 0.191. The highest BCUT2D eigenvalue weighted by molar-refractivity contribution is 5.94. The van der Waals surface area contributed by atoms with E-state index >= 15 is 0 Å². The van der Waals surface area contributed by atoms with E-state index in [0.29, 0.717) is 24.0 Å². The molecular weight excluding hydrogens is 328 g/mol. The van der Waals surface area contributed by atoms with Crippen LogP contribution in [0.4, 0.5) is 0 Å². The Hall–Kier alpha value is -2.34. The molecule has 0 spiro atoms. The second-order valence-electron chi connectivity index (χ2n) is 6.82. The number of methoxy groups -OCH3 is 1. The molecule has 2 heterocycles. The third-order valence-corrected chi connectivity index (χ3v) is 4.98. The topological polar surface area (TPSA) is 59.4 Å². The van der Waals surface area contributed by atoms with E-state index in [1.165, 1.54) is 25.8 Å². The third kappa shape index (κ3) is 4.43. The van der Waals surface area contributed by atoms with E-state index in [-0.39, 0.29) is 5.91 Å².